The van der Waals surface area contributed by atoms with Crippen molar-refractivity contribution in [3.8, 4) is 0 Å². The fourth-order valence-electron chi connectivity index (χ4n) is 2.69. The van der Waals surface area contributed by atoms with E-state index in [9.17, 15) is 28.1 Å². The summed E-state index contributed by atoms with van der Waals surface area (Å²) in [5.74, 6) is -1.22. The highest BCUT2D eigenvalue weighted by Crippen LogP contribution is 2.24. The number of carbonyl (C=O) groups excluding carboxylic acids is 2. The number of sulfone groups is 1. The smallest absolute Gasteiger partial charge is 0.349 e. The molecule has 0 aromatic carbocycles. The molecule has 1 aliphatic heterocycles. The van der Waals surface area contributed by atoms with Crippen molar-refractivity contribution in [2.45, 2.75) is 26.3 Å². The van der Waals surface area contributed by atoms with Crippen LogP contribution in [-0.2, 0) is 19.4 Å². The van der Waals surface area contributed by atoms with Crippen molar-refractivity contribution >= 4 is 38.1 Å². The van der Waals surface area contributed by atoms with Gasteiger partial charge in [0.2, 0.25) is 0 Å². The Labute approximate surface area is 155 Å². The van der Waals surface area contributed by atoms with Gasteiger partial charge in [-0.05, 0) is 18.4 Å². The summed E-state index contributed by atoms with van der Waals surface area (Å²) < 4.78 is 28.3. The maximum Gasteiger partial charge on any atom is 0.349 e. The summed E-state index contributed by atoms with van der Waals surface area (Å²) >= 11 is 0.667. The highest BCUT2D eigenvalue weighted by molar-refractivity contribution is 7.91. The standard InChI is InChI=1S/C15H20N2O7S2/c1-10(2)7-16(11-5-6-26(22,23)9-11)13(18)8-24-15(19)12-3-4-14(25-12)17(20)21/h3-4,10-11H,5-9H2,1-2H3/t11-/m1/s1. The van der Waals surface area contributed by atoms with E-state index < -0.39 is 39.3 Å². The SMILES string of the molecule is CC(C)CN(C(=O)COC(=O)c1ccc([N+](=O)[O-])s1)[C@@H]1CCS(=O)(=O)C1. The molecule has 0 aliphatic carbocycles. The van der Waals surface area contributed by atoms with Crippen LogP contribution in [0.1, 0.15) is 29.9 Å². The fraction of sp³-hybridized carbons (Fsp3) is 0.600. The second-order valence-corrected chi connectivity index (χ2v) is 9.76. The molecule has 0 radical (unpaired) electrons. The quantitative estimate of drug-likeness (QED) is 0.383. The number of ether oxygens (including phenoxy) is 1. The molecule has 1 saturated heterocycles. The van der Waals surface area contributed by atoms with Crippen molar-refractivity contribution in [2.75, 3.05) is 24.7 Å². The lowest BCUT2D eigenvalue weighted by Gasteiger charge is -2.29. The molecule has 1 atom stereocenters. The van der Waals surface area contributed by atoms with Gasteiger partial charge in [-0.1, -0.05) is 25.2 Å². The van der Waals surface area contributed by atoms with Crippen molar-refractivity contribution in [3.63, 3.8) is 0 Å². The third-order valence-electron chi connectivity index (χ3n) is 3.83. The number of carbonyl (C=O) groups is 2. The number of amides is 1. The van der Waals surface area contributed by atoms with Gasteiger partial charge in [0.15, 0.2) is 16.4 Å². The Morgan fingerprint density at radius 3 is 2.62 bits per heavy atom. The zero-order valence-electron chi connectivity index (χ0n) is 14.4. The minimum absolute atomic E-state index is 0.0309. The summed E-state index contributed by atoms with van der Waals surface area (Å²) in [6.45, 7) is 3.63. The Morgan fingerprint density at radius 1 is 1.42 bits per heavy atom. The molecule has 0 N–H and O–H groups in total. The average molecular weight is 404 g/mol. The largest absolute Gasteiger partial charge is 0.451 e. The van der Waals surface area contributed by atoms with Gasteiger partial charge in [-0.2, -0.15) is 0 Å². The summed E-state index contributed by atoms with van der Waals surface area (Å²) in [6.07, 6.45) is 0.367. The van der Waals surface area contributed by atoms with E-state index in [1.807, 2.05) is 13.8 Å². The lowest BCUT2D eigenvalue weighted by atomic mass is 10.1. The number of thiophene rings is 1. The van der Waals surface area contributed by atoms with Gasteiger partial charge in [-0.15, -0.1) is 0 Å². The van der Waals surface area contributed by atoms with E-state index in [-0.39, 0.29) is 27.3 Å². The molecule has 1 fully saturated rings. The van der Waals surface area contributed by atoms with Gasteiger partial charge in [-0.3, -0.25) is 14.9 Å². The van der Waals surface area contributed by atoms with Gasteiger partial charge < -0.3 is 9.64 Å². The molecule has 9 nitrogen and oxygen atoms in total. The van der Waals surface area contributed by atoms with Crippen LogP contribution in [0.3, 0.4) is 0 Å². The number of nitro groups is 1. The van der Waals surface area contributed by atoms with Crippen LogP contribution >= 0.6 is 11.3 Å². The Bertz CT molecular complexity index is 801. The molecular formula is C15H20N2O7S2. The molecule has 1 amide bonds. The van der Waals surface area contributed by atoms with E-state index in [0.717, 1.165) is 0 Å². The van der Waals surface area contributed by atoms with Crippen molar-refractivity contribution in [1.29, 1.82) is 0 Å². The summed E-state index contributed by atoms with van der Waals surface area (Å²) in [5, 5.41) is 10.5. The van der Waals surface area contributed by atoms with E-state index in [0.29, 0.717) is 24.3 Å². The summed E-state index contributed by atoms with van der Waals surface area (Å²) in [7, 11) is -3.15. The van der Waals surface area contributed by atoms with E-state index in [4.69, 9.17) is 4.74 Å². The number of nitrogens with zero attached hydrogens (tertiary/aromatic N) is 2. The van der Waals surface area contributed by atoms with Crippen LogP contribution in [0.15, 0.2) is 12.1 Å². The molecular weight excluding hydrogens is 384 g/mol. The Morgan fingerprint density at radius 2 is 2.12 bits per heavy atom. The monoisotopic (exact) mass is 404 g/mol. The first-order chi connectivity index (χ1) is 12.1. The van der Waals surface area contributed by atoms with Crippen LogP contribution < -0.4 is 0 Å². The van der Waals surface area contributed by atoms with E-state index in [1.165, 1.54) is 17.0 Å². The highest BCUT2D eigenvalue weighted by Gasteiger charge is 2.35. The van der Waals surface area contributed by atoms with Crippen molar-refractivity contribution in [1.82, 2.24) is 4.90 Å². The molecule has 1 aliphatic rings. The molecule has 2 rings (SSSR count). The summed E-state index contributed by atoms with van der Waals surface area (Å²) in [6, 6.07) is 2.04. The van der Waals surface area contributed by atoms with Gasteiger partial charge in [0.25, 0.3) is 5.91 Å². The van der Waals surface area contributed by atoms with Crippen LogP contribution in [0.2, 0.25) is 0 Å². The first kappa shape index (κ1) is 20.3. The maximum absolute atomic E-state index is 12.5. The molecule has 2 heterocycles. The Balaban J connectivity index is 1.99. The lowest BCUT2D eigenvalue weighted by molar-refractivity contribution is -0.380. The predicted octanol–water partition coefficient (Wildman–Crippen LogP) is 1.48. The molecule has 0 bridgehead atoms. The first-order valence-corrected chi connectivity index (χ1v) is 10.6. The third kappa shape index (κ3) is 5.24. The van der Waals surface area contributed by atoms with Gasteiger partial charge in [0.1, 0.15) is 4.88 Å². The zero-order valence-corrected chi connectivity index (χ0v) is 16.0. The van der Waals surface area contributed by atoms with Gasteiger partial charge in [0, 0.05) is 18.7 Å². The predicted molar refractivity (Wildman–Crippen MR) is 94.9 cm³/mol. The fourth-order valence-corrected chi connectivity index (χ4v) is 5.13. The molecule has 11 heteroatoms. The summed E-state index contributed by atoms with van der Waals surface area (Å²) in [4.78, 5) is 36.0. The molecule has 1 aromatic heterocycles. The van der Waals surface area contributed by atoms with Crippen LogP contribution in [0.4, 0.5) is 5.00 Å². The topological polar surface area (TPSA) is 124 Å². The summed E-state index contributed by atoms with van der Waals surface area (Å²) in [5.41, 5.74) is 0. The number of rotatable bonds is 7. The normalized spacial score (nSPS) is 18.7. The lowest BCUT2D eigenvalue weighted by Crippen LogP contribution is -2.45. The zero-order chi connectivity index (χ0) is 19.5. The maximum atomic E-state index is 12.5. The number of esters is 1. The molecule has 1 aromatic rings. The molecule has 0 saturated carbocycles. The minimum atomic E-state index is -3.15. The van der Waals surface area contributed by atoms with Gasteiger partial charge >= 0.3 is 11.0 Å². The second kappa shape index (κ2) is 8.12. The van der Waals surface area contributed by atoms with Gasteiger partial charge in [0.05, 0.1) is 16.4 Å². The van der Waals surface area contributed by atoms with Crippen LogP contribution in [-0.4, -0.2) is 60.8 Å². The van der Waals surface area contributed by atoms with Crippen LogP contribution in [0.25, 0.3) is 0 Å². The molecule has 144 valence electrons. The molecule has 0 spiro atoms. The number of hydrogen-bond acceptors (Lipinski definition) is 8. The van der Waals surface area contributed by atoms with Crippen LogP contribution in [0.5, 0.6) is 0 Å². The first-order valence-electron chi connectivity index (χ1n) is 8.00. The van der Waals surface area contributed by atoms with Crippen LogP contribution in [0, 0.1) is 16.0 Å². The second-order valence-electron chi connectivity index (χ2n) is 6.47. The molecule has 0 unspecified atom stereocenters. The molecule has 26 heavy (non-hydrogen) atoms. The van der Waals surface area contributed by atoms with Crippen molar-refractivity contribution in [3.05, 3.63) is 27.1 Å². The highest BCUT2D eigenvalue weighted by atomic mass is 32.2. The third-order valence-corrected chi connectivity index (χ3v) is 6.60. The number of hydrogen-bond donors (Lipinski definition) is 0. The minimum Gasteiger partial charge on any atom is -0.451 e. The van der Waals surface area contributed by atoms with Crippen molar-refractivity contribution in [2.24, 2.45) is 5.92 Å². The average Bonchev–Trinajstić information content (AvgIpc) is 3.16. The van der Waals surface area contributed by atoms with Gasteiger partial charge in [-0.25, -0.2) is 13.2 Å². The Kier molecular flexibility index (Phi) is 6.34. The van der Waals surface area contributed by atoms with Crippen molar-refractivity contribution < 1.29 is 27.7 Å². The van der Waals surface area contributed by atoms with E-state index in [1.54, 1.807) is 0 Å². The van der Waals surface area contributed by atoms with E-state index >= 15 is 0 Å². The van der Waals surface area contributed by atoms with E-state index in [2.05, 4.69) is 0 Å². The Hall–Kier alpha value is -2.01.